The Balaban J connectivity index is 0.000000168. The van der Waals surface area contributed by atoms with Gasteiger partial charge in [0.25, 0.3) is 0 Å². The number of benzene rings is 6. The highest BCUT2D eigenvalue weighted by molar-refractivity contribution is 6.68. The molecule has 10 heteroatoms. The van der Waals surface area contributed by atoms with Crippen molar-refractivity contribution < 1.29 is 36.2 Å². The van der Waals surface area contributed by atoms with Crippen LogP contribution < -0.4 is 29.9 Å². The van der Waals surface area contributed by atoms with Gasteiger partial charge in [-0.1, -0.05) is 48.5 Å². The van der Waals surface area contributed by atoms with E-state index in [4.69, 9.17) is 18.9 Å². The first-order chi connectivity index (χ1) is 20.3. The van der Waals surface area contributed by atoms with Gasteiger partial charge in [-0.3, -0.25) is 17.3 Å². The largest absolute Gasteiger partial charge is 0.573 e. The van der Waals surface area contributed by atoms with Crippen LogP contribution in [0.3, 0.4) is 0 Å². The molecular formula is C32H26B2F4O4. The molecule has 0 aliphatic rings. The molecule has 42 heavy (non-hydrogen) atoms. The van der Waals surface area contributed by atoms with Crippen LogP contribution >= 0.6 is 0 Å². The zero-order valence-corrected chi connectivity index (χ0v) is 23.4. The molecule has 0 radical (unpaired) electrons. The van der Waals surface area contributed by atoms with Gasteiger partial charge in [0.1, 0.15) is 23.0 Å². The minimum Gasteiger partial charge on any atom is -0.496 e. The summed E-state index contributed by atoms with van der Waals surface area (Å²) in [6.07, 6.45) is 0. The summed E-state index contributed by atoms with van der Waals surface area (Å²) >= 11 is 0. The fourth-order valence-electron chi connectivity index (χ4n) is 5.53. The van der Waals surface area contributed by atoms with Gasteiger partial charge in [-0.25, -0.2) is 0 Å². The highest BCUT2D eigenvalue weighted by Gasteiger charge is 2.28. The molecule has 0 saturated carbocycles. The van der Waals surface area contributed by atoms with Crippen LogP contribution in [0.15, 0.2) is 84.9 Å². The third-order valence-electron chi connectivity index (χ3n) is 7.25. The topological polar surface area (TPSA) is 36.9 Å². The first-order valence-electron chi connectivity index (χ1n) is 13.0. The second kappa shape index (κ2) is 12.1. The summed E-state index contributed by atoms with van der Waals surface area (Å²) in [6.45, 7) is 0. The van der Waals surface area contributed by atoms with Gasteiger partial charge in [0.15, 0.2) is 0 Å². The third-order valence-corrected chi connectivity index (χ3v) is 7.25. The molecule has 6 aromatic rings. The lowest BCUT2D eigenvalue weighted by atomic mass is 9.77. The summed E-state index contributed by atoms with van der Waals surface area (Å²) in [7, 11) is 0.687. The van der Waals surface area contributed by atoms with Crippen LogP contribution in [-0.2, 0) is 0 Å². The molecule has 6 aromatic carbocycles. The van der Waals surface area contributed by atoms with Gasteiger partial charge in [0.05, 0.1) is 28.4 Å². The van der Waals surface area contributed by atoms with Crippen molar-refractivity contribution >= 4 is 68.5 Å². The van der Waals surface area contributed by atoms with Gasteiger partial charge in [0, 0.05) is 32.5 Å². The quantitative estimate of drug-likeness (QED) is 0.119. The molecular weight excluding hydrogens is 546 g/mol. The normalized spacial score (nSPS) is 10.9. The van der Waals surface area contributed by atoms with E-state index < -0.39 is 14.5 Å². The molecule has 0 bridgehead atoms. The van der Waals surface area contributed by atoms with Crippen LogP contribution in [0.5, 0.6) is 23.0 Å². The van der Waals surface area contributed by atoms with E-state index in [2.05, 4.69) is 0 Å². The second-order valence-corrected chi connectivity index (χ2v) is 9.42. The molecule has 0 atom stereocenters. The Bertz CT molecular complexity index is 1650. The van der Waals surface area contributed by atoms with Crippen LogP contribution in [0.1, 0.15) is 0 Å². The number of ether oxygens (including phenoxy) is 4. The Morgan fingerprint density at radius 2 is 0.643 bits per heavy atom. The molecule has 212 valence electrons. The van der Waals surface area contributed by atoms with Crippen LogP contribution in [0.2, 0.25) is 0 Å². The van der Waals surface area contributed by atoms with Crippen LogP contribution in [0.4, 0.5) is 17.3 Å². The van der Waals surface area contributed by atoms with Crippen LogP contribution in [0.25, 0.3) is 43.1 Å². The van der Waals surface area contributed by atoms with E-state index in [9.17, 15) is 17.3 Å². The van der Waals surface area contributed by atoms with E-state index in [0.29, 0.717) is 44.5 Å². The van der Waals surface area contributed by atoms with E-state index in [-0.39, 0.29) is 10.9 Å². The van der Waals surface area contributed by atoms with Gasteiger partial charge in [-0.2, -0.15) is 0 Å². The zero-order chi connectivity index (χ0) is 30.0. The van der Waals surface area contributed by atoms with Crippen molar-refractivity contribution in [3.05, 3.63) is 84.9 Å². The molecule has 0 spiro atoms. The highest BCUT2D eigenvalue weighted by atomic mass is 19.2. The molecule has 0 aliphatic carbocycles. The average molecular weight is 572 g/mol. The second-order valence-electron chi connectivity index (χ2n) is 9.42. The van der Waals surface area contributed by atoms with Crippen molar-refractivity contribution in [3.8, 4) is 23.0 Å². The average Bonchev–Trinajstić information content (AvgIpc) is 3.01. The van der Waals surface area contributed by atoms with Crippen molar-refractivity contribution in [2.24, 2.45) is 0 Å². The van der Waals surface area contributed by atoms with E-state index >= 15 is 0 Å². The van der Waals surface area contributed by atoms with E-state index in [1.807, 2.05) is 36.4 Å². The molecule has 0 unspecified atom stereocenters. The van der Waals surface area contributed by atoms with Crippen molar-refractivity contribution in [2.75, 3.05) is 28.4 Å². The summed E-state index contributed by atoms with van der Waals surface area (Å²) in [5.74, 6) is 1.76. The van der Waals surface area contributed by atoms with E-state index in [0.717, 1.165) is 21.5 Å². The molecule has 0 saturated heterocycles. The van der Waals surface area contributed by atoms with Gasteiger partial charge in [0.2, 0.25) is 0 Å². The van der Waals surface area contributed by atoms with Crippen LogP contribution in [0, 0.1) is 0 Å². The SMILES string of the molecule is COc1cccc2cc3cccc(OC)c3c(B(F)F)c12.COc1cccc2cc3cccc(OC)c3c(B(F)F)c12. The molecule has 0 aliphatic heterocycles. The number of hydrogen-bond acceptors (Lipinski definition) is 4. The fraction of sp³-hybridized carbons (Fsp3) is 0.125. The Hall–Kier alpha value is -4.59. The maximum atomic E-state index is 13.7. The van der Waals surface area contributed by atoms with Crippen molar-refractivity contribution in [1.82, 2.24) is 0 Å². The standard InChI is InChI=1S/2C16H13BF2O2/c2*1-20-12-7-3-5-10-9-11-6-4-8-13(21-2)15(11)16(14(10)12)17(18)19/h2*3-9H,1-2H3. The lowest BCUT2D eigenvalue weighted by Crippen LogP contribution is -2.23. The number of halogens is 4. The number of fused-ring (bicyclic) bond motifs is 4. The summed E-state index contributed by atoms with van der Waals surface area (Å²) in [5.41, 5.74) is -0.0881. The third kappa shape index (κ3) is 5.02. The highest BCUT2D eigenvalue weighted by Crippen LogP contribution is 2.34. The maximum Gasteiger partial charge on any atom is 0.573 e. The molecule has 0 fully saturated rings. The minimum atomic E-state index is -2.62. The van der Waals surface area contributed by atoms with E-state index in [1.165, 1.54) is 28.4 Å². The molecule has 0 N–H and O–H groups in total. The summed E-state index contributed by atoms with van der Waals surface area (Å²) < 4.78 is 76.1. The van der Waals surface area contributed by atoms with Crippen molar-refractivity contribution in [1.29, 1.82) is 0 Å². The van der Waals surface area contributed by atoms with Crippen molar-refractivity contribution in [3.63, 3.8) is 0 Å². The first-order valence-corrected chi connectivity index (χ1v) is 13.0. The Morgan fingerprint density at radius 3 is 0.833 bits per heavy atom. The minimum absolute atomic E-state index is 0.0441. The summed E-state index contributed by atoms with van der Waals surface area (Å²) in [5, 5.41) is 4.66. The molecule has 6 rings (SSSR count). The van der Waals surface area contributed by atoms with Gasteiger partial charge in [-0.05, 0) is 57.9 Å². The monoisotopic (exact) mass is 572 g/mol. The number of hydrogen-bond donors (Lipinski definition) is 0. The number of methoxy groups -OCH3 is 4. The van der Waals surface area contributed by atoms with Crippen LogP contribution in [-0.4, -0.2) is 43.0 Å². The molecule has 0 amide bonds. The van der Waals surface area contributed by atoms with Gasteiger partial charge < -0.3 is 18.9 Å². The van der Waals surface area contributed by atoms with Gasteiger partial charge >= 0.3 is 14.5 Å². The summed E-state index contributed by atoms with van der Waals surface area (Å²) in [4.78, 5) is 0. The van der Waals surface area contributed by atoms with Crippen molar-refractivity contribution in [2.45, 2.75) is 0 Å². The lowest BCUT2D eigenvalue weighted by Gasteiger charge is -2.15. The fourth-order valence-corrected chi connectivity index (χ4v) is 5.53. The Kier molecular flexibility index (Phi) is 8.34. The molecule has 4 nitrogen and oxygen atoms in total. The maximum absolute atomic E-state index is 13.7. The summed E-state index contributed by atoms with van der Waals surface area (Å²) in [6, 6.07) is 24.9. The molecule has 0 heterocycles. The zero-order valence-electron chi connectivity index (χ0n) is 23.4. The predicted octanol–water partition coefficient (Wildman–Crippen LogP) is 7.29. The molecule has 0 aromatic heterocycles. The van der Waals surface area contributed by atoms with E-state index in [1.54, 1.807) is 48.5 Å². The lowest BCUT2D eigenvalue weighted by molar-refractivity contribution is 0.419. The van der Waals surface area contributed by atoms with Gasteiger partial charge in [-0.15, -0.1) is 0 Å². The Morgan fingerprint density at radius 1 is 0.405 bits per heavy atom. The Labute approximate surface area is 241 Å². The predicted molar refractivity (Wildman–Crippen MR) is 164 cm³/mol. The number of rotatable bonds is 6. The smallest absolute Gasteiger partial charge is 0.496 e. The first kappa shape index (κ1) is 28.9.